The minimum absolute atomic E-state index is 0.0215. The van der Waals surface area contributed by atoms with E-state index >= 15 is 0 Å². The van der Waals surface area contributed by atoms with Gasteiger partial charge in [-0.05, 0) is 67.2 Å². The summed E-state index contributed by atoms with van der Waals surface area (Å²) in [6, 6.07) is 21.9. The molecule has 0 aliphatic heterocycles. The molecule has 0 N–H and O–H groups in total. The summed E-state index contributed by atoms with van der Waals surface area (Å²) in [6.07, 6.45) is -2.98. The molecule has 0 spiro atoms. The summed E-state index contributed by atoms with van der Waals surface area (Å²) in [5.41, 5.74) is 1.73. The van der Waals surface area contributed by atoms with Gasteiger partial charge < -0.3 is 0 Å². The quantitative estimate of drug-likeness (QED) is 0.204. The normalized spacial score (nSPS) is 16.8. The highest BCUT2D eigenvalue weighted by Gasteiger charge is 2.21. The van der Waals surface area contributed by atoms with Crippen LogP contribution in [-0.2, 0) is 6.37 Å². The van der Waals surface area contributed by atoms with E-state index in [0.29, 0.717) is 22.0 Å². The zero-order valence-electron chi connectivity index (χ0n) is 34.6. The van der Waals surface area contributed by atoms with Crippen LogP contribution in [0, 0.1) is 0 Å². The Labute approximate surface area is 257 Å². The number of aryl methyl sites for hydroxylation is 1. The van der Waals surface area contributed by atoms with Crippen LogP contribution in [0.15, 0.2) is 139 Å². The van der Waals surface area contributed by atoms with Crippen molar-refractivity contribution in [3.05, 3.63) is 145 Å². The molecule has 0 bridgehead atoms. The maximum Gasteiger partial charge on any atom is 0.114 e. The number of hydrogen-bond acceptors (Lipinski definition) is 1. The van der Waals surface area contributed by atoms with Crippen LogP contribution in [-0.4, -0.2) is 9.55 Å². The van der Waals surface area contributed by atoms with Gasteiger partial charge in [0.15, 0.2) is 0 Å². The lowest BCUT2D eigenvalue weighted by atomic mass is 9.84. The van der Waals surface area contributed by atoms with Gasteiger partial charge in [-0.25, -0.2) is 4.98 Å². The van der Waals surface area contributed by atoms with Crippen molar-refractivity contribution < 1.29 is 17.8 Å². The van der Waals surface area contributed by atoms with Gasteiger partial charge in [-0.15, -0.1) is 0 Å². The number of hydrogen-bond donors (Lipinski definition) is 0. The number of fused-ring (bicyclic) bond motifs is 4. The Morgan fingerprint density at radius 2 is 1.22 bits per heavy atom. The van der Waals surface area contributed by atoms with Crippen LogP contribution in [0.1, 0.15) is 30.5 Å². The molecule has 7 aromatic carbocycles. The molecule has 0 atom stereocenters. The Morgan fingerprint density at radius 1 is 0.634 bits per heavy atom. The number of rotatable bonds is 4. The molecule has 1 heterocycles. The van der Waals surface area contributed by atoms with E-state index in [4.69, 9.17) is 12.3 Å². The number of imidazole rings is 1. The summed E-state index contributed by atoms with van der Waals surface area (Å²) < 4.78 is 116. The summed E-state index contributed by atoms with van der Waals surface area (Å²) in [4.78, 5) is 4.47. The lowest BCUT2D eigenvalue weighted by molar-refractivity contribution is 0.909. The smallest absolute Gasteiger partial charge is 0.114 e. The average Bonchev–Trinajstić information content (AvgIpc) is 3.56. The number of aromatic nitrogens is 2. The van der Waals surface area contributed by atoms with Crippen molar-refractivity contribution in [3.63, 3.8) is 0 Å². The van der Waals surface area contributed by atoms with E-state index in [1.165, 1.54) is 4.57 Å². The van der Waals surface area contributed by atoms with Crippen LogP contribution in [0.4, 0.5) is 0 Å². The maximum atomic E-state index is 9.40. The van der Waals surface area contributed by atoms with E-state index in [9.17, 15) is 5.48 Å². The third-order valence-electron chi connectivity index (χ3n) is 7.52. The first-order valence-corrected chi connectivity index (χ1v) is 13.1. The van der Waals surface area contributed by atoms with Crippen LogP contribution in [0.5, 0.6) is 0 Å². The van der Waals surface area contributed by atoms with Gasteiger partial charge in [0, 0.05) is 18.8 Å². The molecule has 2 nitrogen and oxygen atoms in total. The van der Waals surface area contributed by atoms with E-state index in [1.807, 2.05) is 30.3 Å². The highest BCUT2D eigenvalue weighted by molar-refractivity contribution is 6.24. The lowest BCUT2D eigenvalue weighted by Gasteiger charge is -2.21. The number of para-hydroxylation sites is 3. The molecular weight excluding hydrogens is 496 g/mol. The van der Waals surface area contributed by atoms with E-state index in [-0.39, 0.29) is 43.9 Å². The van der Waals surface area contributed by atoms with Gasteiger partial charge in [-0.3, -0.25) is 4.57 Å². The summed E-state index contributed by atoms with van der Waals surface area (Å²) in [7, 11) is 0. The summed E-state index contributed by atoms with van der Waals surface area (Å²) in [6.45, 7) is -3.15. The van der Waals surface area contributed by atoms with Crippen molar-refractivity contribution >= 4 is 43.4 Å². The van der Waals surface area contributed by atoms with Crippen molar-refractivity contribution in [2.75, 3.05) is 0 Å². The zero-order chi connectivity index (χ0) is 38.6. The molecule has 8 rings (SSSR count). The molecule has 0 fully saturated rings. The fourth-order valence-electron chi connectivity index (χ4n) is 5.84. The molecule has 194 valence electrons. The summed E-state index contributed by atoms with van der Waals surface area (Å²) in [5, 5.41) is 1.48. The Bertz CT molecular complexity index is 2810. The maximum absolute atomic E-state index is 9.40. The number of benzene rings is 7. The molecule has 0 unspecified atom stereocenters. The second-order valence-electron chi connectivity index (χ2n) is 9.68. The Hall–Kier alpha value is -5.21. The van der Waals surface area contributed by atoms with Gasteiger partial charge in [0.25, 0.3) is 0 Å². The molecule has 41 heavy (non-hydrogen) atoms. The first-order chi connectivity index (χ1) is 25.6. The highest BCUT2D eigenvalue weighted by Crippen LogP contribution is 2.46. The largest absolute Gasteiger partial charge is 0.296 e. The Kier molecular flexibility index (Phi) is 3.21. The van der Waals surface area contributed by atoms with Crippen LogP contribution >= 0.6 is 0 Å². The molecule has 0 amide bonds. The third-order valence-corrected chi connectivity index (χ3v) is 7.52. The first-order valence-electron chi connectivity index (χ1n) is 19.6. The predicted octanol–water partition coefficient (Wildman–Crippen LogP) is 10.4. The molecule has 1 aromatic heterocycles. The molecule has 0 saturated heterocycles. The van der Waals surface area contributed by atoms with Gasteiger partial charge in [0.1, 0.15) is 5.82 Å². The van der Waals surface area contributed by atoms with Crippen LogP contribution in [0.25, 0.3) is 71.3 Å². The second kappa shape index (κ2) is 9.46. The number of nitrogens with zero attached hydrogens (tertiary/aromatic N) is 2. The average molecular weight is 538 g/mol. The van der Waals surface area contributed by atoms with Crippen molar-refractivity contribution in [3.8, 4) is 27.9 Å². The van der Waals surface area contributed by atoms with Crippen molar-refractivity contribution in [2.24, 2.45) is 0 Å². The monoisotopic (exact) mass is 537 g/mol. The minimum Gasteiger partial charge on any atom is -0.296 e. The lowest BCUT2D eigenvalue weighted by Crippen LogP contribution is -2.03. The van der Waals surface area contributed by atoms with E-state index in [0.717, 1.165) is 5.39 Å². The molecule has 0 radical (unpaired) electrons. The fraction of sp³-hybridized carbons (Fsp3) is 0.0513. The van der Waals surface area contributed by atoms with Gasteiger partial charge >= 0.3 is 0 Å². The zero-order valence-corrected chi connectivity index (χ0v) is 21.6. The van der Waals surface area contributed by atoms with Gasteiger partial charge in [-0.1, -0.05) is 128 Å². The van der Waals surface area contributed by atoms with E-state index < -0.39 is 67.4 Å². The van der Waals surface area contributed by atoms with Gasteiger partial charge in [0.2, 0.25) is 0 Å². The van der Waals surface area contributed by atoms with Crippen LogP contribution in [0.3, 0.4) is 0 Å². The Morgan fingerprint density at radius 3 is 1.98 bits per heavy atom. The molecule has 0 saturated carbocycles. The summed E-state index contributed by atoms with van der Waals surface area (Å²) in [5.74, 6) is -0.444. The highest BCUT2D eigenvalue weighted by atomic mass is 15.1. The SMILES string of the molecule is [2H]c1c([2H])c([2H])c2c(-c3cccc4ccccc34)c3c([2H])c([2H])c([2H])c([2H])c3c(-c3ccccc3-n3c(C([2H])([2H])C([2H])([2H])[2H])nc4ccccc43)c2c1[2H]. The summed E-state index contributed by atoms with van der Waals surface area (Å²) >= 11 is 0. The van der Waals surface area contributed by atoms with Crippen LogP contribution in [0.2, 0.25) is 0 Å². The molecular formula is C39H28N2. The van der Waals surface area contributed by atoms with E-state index in [2.05, 4.69) is 4.98 Å². The van der Waals surface area contributed by atoms with Crippen molar-refractivity contribution in [1.29, 1.82) is 0 Å². The molecule has 8 aromatic rings. The second-order valence-corrected chi connectivity index (χ2v) is 9.68. The van der Waals surface area contributed by atoms with Crippen LogP contribution < -0.4 is 0 Å². The molecule has 2 heteroatoms. The standard InChI is InChI=1S/C39H28N2/c1-2-37-40-34-23-10-12-25-36(34)41(37)35-24-11-9-21-33(35)39-31-19-7-5-17-29(31)38(30-18-6-8-20-32(30)39)28-22-13-15-26-14-3-4-16-27(26)28/h3-25H,2H2,1H3/i1D3,2D2,5D,6D,7D,8D,17D,18D,19D,20D. The molecule has 0 aliphatic rings. The minimum atomic E-state index is -3.15. The van der Waals surface area contributed by atoms with Gasteiger partial charge in [-0.2, -0.15) is 0 Å². The van der Waals surface area contributed by atoms with E-state index in [1.54, 1.807) is 60.7 Å². The first kappa shape index (κ1) is 13.9. The van der Waals surface area contributed by atoms with Crippen molar-refractivity contribution in [2.45, 2.75) is 13.2 Å². The van der Waals surface area contributed by atoms with Gasteiger partial charge in [0.05, 0.1) is 27.7 Å². The topological polar surface area (TPSA) is 17.8 Å². The molecule has 0 aliphatic carbocycles. The third kappa shape index (κ3) is 3.61. The fourth-order valence-corrected chi connectivity index (χ4v) is 5.84. The Balaban J connectivity index is 1.67. The predicted molar refractivity (Wildman–Crippen MR) is 174 cm³/mol. The van der Waals surface area contributed by atoms with Crippen molar-refractivity contribution in [1.82, 2.24) is 9.55 Å².